The molecule has 1 rings (SSSR count). The van der Waals surface area contributed by atoms with Crippen LogP contribution in [0, 0.1) is 0 Å². The molecule has 5 heteroatoms. The summed E-state index contributed by atoms with van der Waals surface area (Å²) in [6, 6.07) is 0. The van der Waals surface area contributed by atoms with Crippen molar-refractivity contribution in [2.75, 3.05) is 32.8 Å². The maximum absolute atomic E-state index is 10.7. The number of hydrogen-bond acceptors (Lipinski definition) is 4. The first-order chi connectivity index (χ1) is 7.24. The van der Waals surface area contributed by atoms with Gasteiger partial charge in [-0.1, -0.05) is 13.0 Å². The van der Waals surface area contributed by atoms with E-state index in [2.05, 4.69) is 10.4 Å². The molecule has 15 heavy (non-hydrogen) atoms. The lowest BCUT2D eigenvalue weighted by molar-refractivity contribution is -0.132. The van der Waals surface area contributed by atoms with Crippen LogP contribution in [0.4, 0.5) is 0 Å². The van der Waals surface area contributed by atoms with Crippen molar-refractivity contribution >= 4 is 5.97 Å². The largest absolute Gasteiger partial charge is 0.478 e. The van der Waals surface area contributed by atoms with Gasteiger partial charge in [-0.2, -0.15) is 0 Å². The maximum Gasteiger partial charge on any atom is 0.331 e. The second-order valence-corrected chi connectivity index (χ2v) is 3.35. The molecule has 0 bridgehead atoms. The van der Waals surface area contributed by atoms with E-state index < -0.39 is 5.97 Å². The minimum absolute atomic E-state index is 0.454. The van der Waals surface area contributed by atoms with Crippen LogP contribution in [0.2, 0.25) is 0 Å². The van der Waals surface area contributed by atoms with E-state index >= 15 is 0 Å². The molecule has 0 aromatic carbocycles. The van der Waals surface area contributed by atoms with Gasteiger partial charge in [0.1, 0.15) is 0 Å². The number of aliphatic carboxylic acids is 1. The number of nitrogens with zero attached hydrogens (tertiary/aromatic N) is 1. The Hall–Kier alpha value is -0.910. The Balaban J connectivity index is 2.26. The zero-order valence-electron chi connectivity index (χ0n) is 9.03. The first-order valence-electron chi connectivity index (χ1n) is 5.22. The molecule has 0 aliphatic carbocycles. The topological polar surface area (TPSA) is 61.8 Å². The van der Waals surface area contributed by atoms with Gasteiger partial charge in [-0.15, -0.1) is 0 Å². The number of nitrogens with one attached hydrogen (secondary N) is 1. The summed E-state index contributed by atoms with van der Waals surface area (Å²) in [4.78, 5) is 10.7. The summed E-state index contributed by atoms with van der Waals surface area (Å²) in [6.07, 6.45) is 2.28. The number of carboxylic acids is 1. The van der Waals surface area contributed by atoms with E-state index in [4.69, 9.17) is 9.84 Å². The van der Waals surface area contributed by atoms with Crippen LogP contribution in [0.5, 0.6) is 0 Å². The van der Waals surface area contributed by atoms with Gasteiger partial charge in [0, 0.05) is 25.2 Å². The lowest BCUT2D eigenvalue weighted by Gasteiger charge is -2.26. The van der Waals surface area contributed by atoms with Gasteiger partial charge in [0.05, 0.1) is 13.2 Å². The summed E-state index contributed by atoms with van der Waals surface area (Å²) in [5.41, 5.74) is 3.61. The fraction of sp³-hybridized carbons (Fsp3) is 0.700. The molecule has 0 aromatic rings. The van der Waals surface area contributed by atoms with Crippen molar-refractivity contribution in [3.63, 3.8) is 0 Å². The molecule has 2 N–H and O–H groups in total. The van der Waals surface area contributed by atoms with E-state index in [-0.39, 0.29) is 0 Å². The van der Waals surface area contributed by atoms with Gasteiger partial charge in [0.25, 0.3) is 0 Å². The molecular weight excluding hydrogens is 196 g/mol. The Morgan fingerprint density at radius 3 is 2.73 bits per heavy atom. The molecule has 0 radical (unpaired) electrons. The molecule has 0 atom stereocenters. The van der Waals surface area contributed by atoms with Gasteiger partial charge in [0.15, 0.2) is 0 Å². The first kappa shape index (κ1) is 12.2. The monoisotopic (exact) mass is 214 g/mol. The third-order valence-electron chi connectivity index (χ3n) is 2.33. The lowest BCUT2D eigenvalue weighted by Crippen LogP contribution is -2.45. The van der Waals surface area contributed by atoms with Crippen LogP contribution in [0.3, 0.4) is 0 Å². The fourth-order valence-corrected chi connectivity index (χ4v) is 1.40. The van der Waals surface area contributed by atoms with Crippen molar-refractivity contribution in [3.8, 4) is 0 Å². The van der Waals surface area contributed by atoms with Gasteiger partial charge < -0.3 is 9.84 Å². The Morgan fingerprint density at radius 1 is 1.53 bits per heavy atom. The molecule has 0 aromatic heterocycles. The van der Waals surface area contributed by atoms with Crippen molar-refractivity contribution in [1.82, 2.24) is 10.4 Å². The van der Waals surface area contributed by atoms with Crippen molar-refractivity contribution in [2.45, 2.75) is 13.3 Å². The average Bonchev–Trinajstić information content (AvgIpc) is 2.25. The highest BCUT2D eigenvalue weighted by Crippen LogP contribution is 1.99. The smallest absolute Gasteiger partial charge is 0.331 e. The Morgan fingerprint density at radius 2 is 2.20 bits per heavy atom. The summed E-state index contributed by atoms with van der Waals surface area (Å²) in [5.74, 6) is -0.832. The zero-order valence-corrected chi connectivity index (χ0v) is 9.03. The second-order valence-electron chi connectivity index (χ2n) is 3.35. The Labute approximate surface area is 89.7 Å². The maximum atomic E-state index is 10.7. The van der Waals surface area contributed by atoms with Gasteiger partial charge in [0.2, 0.25) is 0 Å². The predicted molar refractivity (Wildman–Crippen MR) is 56.4 cm³/mol. The molecular formula is C10H18N2O3. The molecule has 0 spiro atoms. The summed E-state index contributed by atoms with van der Waals surface area (Å²) in [6.45, 7) is 5.57. The average molecular weight is 214 g/mol. The Bertz CT molecular complexity index is 235. The minimum atomic E-state index is -0.832. The van der Waals surface area contributed by atoms with Crippen LogP contribution < -0.4 is 5.43 Å². The zero-order chi connectivity index (χ0) is 11.1. The number of ether oxygens (including phenoxy) is 1. The molecule has 5 nitrogen and oxygen atoms in total. The van der Waals surface area contributed by atoms with Crippen molar-refractivity contribution in [3.05, 3.63) is 11.6 Å². The highest BCUT2D eigenvalue weighted by Gasteiger charge is 2.09. The lowest BCUT2D eigenvalue weighted by atomic mass is 10.2. The van der Waals surface area contributed by atoms with E-state index in [1.165, 1.54) is 0 Å². The van der Waals surface area contributed by atoms with Crippen LogP contribution >= 0.6 is 0 Å². The molecule has 1 fully saturated rings. The van der Waals surface area contributed by atoms with E-state index in [0.29, 0.717) is 18.5 Å². The molecule has 0 unspecified atom stereocenters. The van der Waals surface area contributed by atoms with Crippen molar-refractivity contribution < 1.29 is 14.6 Å². The van der Waals surface area contributed by atoms with Crippen molar-refractivity contribution in [2.24, 2.45) is 0 Å². The van der Waals surface area contributed by atoms with Crippen LogP contribution in [-0.4, -0.2) is 48.9 Å². The molecule has 0 amide bonds. The van der Waals surface area contributed by atoms with E-state index in [0.717, 1.165) is 26.3 Å². The SMILES string of the molecule is CCC(=CCNN1CCOCC1)C(=O)O. The van der Waals surface area contributed by atoms with Gasteiger partial charge in [-0.25, -0.2) is 9.80 Å². The van der Waals surface area contributed by atoms with Crippen LogP contribution in [-0.2, 0) is 9.53 Å². The third kappa shape index (κ3) is 4.42. The standard InChI is InChI=1S/C10H18N2O3/c1-2-9(10(13)14)3-4-11-12-5-7-15-8-6-12/h3,11H,2,4-8H2,1H3,(H,13,14). The van der Waals surface area contributed by atoms with Crippen molar-refractivity contribution in [1.29, 1.82) is 0 Å². The van der Waals surface area contributed by atoms with E-state index in [1.807, 2.05) is 6.92 Å². The highest BCUT2D eigenvalue weighted by molar-refractivity contribution is 5.86. The van der Waals surface area contributed by atoms with Crippen LogP contribution in [0.1, 0.15) is 13.3 Å². The third-order valence-corrected chi connectivity index (χ3v) is 2.33. The number of carbonyl (C=O) groups is 1. The summed E-state index contributed by atoms with van der Waals surface area (Å²) in [5, 5.41) is 10.8. The quantitative estimate of drug-likeness (QED) is 0.642. The van der Waals surface area contributed by atoms with Crippen LogP contribution in [0.25, 0.3) is 0 Å². The summed E-state index contributed by atoms with van der Waals surface area (Å²) < 4.78 is 5.20. The Kier molecular flexibility index (Phi) is 5.31. The number of hydrazine groups is 1. The van der Waals surface area contributed by atoms with E-state index in [1.54, 1.807) is 6.08 Å². The van der Waals surface area contributed by atoms with E-state index in [9.17, 15) is 4.79 Å². The molecule has 1 aliphatic rings. The minimum Gasteiger partial charge on any atom is -0.478 e. The number of hydrogen-bond donors (Lipinski definition) is 2. The second kappa shape index (κ2) is 6.55. The number of morpholine rings is 1. The molecule has 1 aliphatic heterocycles. The summed E-state index contributed by atoms with van der Waals surface area (Å²) >= 11 is 0. The van der Waals surface area contributed by atoms with Gasteiger partial charge in [-0.3, -0.25) is 5.43 Å². The first-order valence-corrected chi connectivity index (χ1v) is 5.22. The number of rotatable bonds is 5. The molecule has 1 saturated heterocycles. The fourth-order valence-electron chi connectivity index (χ4n) is 1.40. The molecule has 0 saturated carbocycles. The molecule has 1 heterocycles. The van der Waals surface area contributed by atoms with Gasteiger partial charge in [-0.05, 0) is 6.42 Å². The van der Waals surface area contributed by atoms with Gasteiger partial charge >= 0.3 is 5.97 Å². The summed E-state index contributed by atoms with van der Waals surface area (Å²) in [7, 11) is 0. The predicted octanol–water partition coefficient (Wildman–Crippen LogP) is 0.244. The normalized spacial score (nSPS) is 19.1. The highest BCUT2D eigenvalue weighted by atomic mass is 16.5. The van der Waals surface area contributed by atoms with Crippen LogP contribution in [0.15, 0.2) is 11.6 Å². The molecule has 86 valence electrons. The number of carboxylic acid groups (broad SMARTS) is 1.